The minimum Gasteiger partial charge on any atom is -0.487 e. The van der Waals surface area contributed by atoms with Crippen molar-refractivity contribution in [3.63, 3.8) is 0 Å². The molecule has 0 aromatic heterocycles. The average Bonchev–Trinajstić information content (AvgIpc) is 2.63. The van der Waals surface area contributed by atoms with Gasteiger partial charge in [0.05, 0.1) is 5.75 Å². The number of halogens is 2. The van der Waals surface area contributed by atoms with Gasteiger partial charge in [-0.2, -0.15) is 0 Å². The van der Waals surface area contributed by atoms with E-state index in [1.165, 1.54) is 17.8 Å². The van der Waals surface area contributed by atoms with Crippen molar-refractivity contribution in [2.24, 2.45) is 0 Å². The summed E-state index contributed by atoms with van der Waals surface area (Å²) < 4.78 is 30.9. The maximum absolute atomic E-state index is 13.1. The quantitative estimate of drug-likeness (QED) is 0.877. The zero-order valence-electron chi connectivity index (χ0n) is 8.20. The zero-order chi connectivity index (χ0) is 11.5. The first-order valence-electron chi connectivity index (χ1n) is 4.64. The second kappa shape index (κ2) is 4.69. The first-order chi connectivity index (χ1) is 7.65. The highest BCUT2D eigenvalue weighted by molar-refractivity contribution is 8.01. The van der Waals surface area contributed by atoms with Gasteiger partial charge < -0.3 is 10.1 Å². The van der Waals surface area contributed by atoms with Crippen LogP contribution in [0.2, 0.25) is 0 Å². The number of rotatable bonds is 3. The van der Waals surface area contributed by atoms with E-state index in [4.69, 9.17) is 4.74 Å². The third-order valence-corrected chi connectivity index (χ3v) is 3.11. The van der Waals surface area contributed by atoms with E-state index in [2.05, 4.69) is 5.32 Å². The van der Waals surface area contributed by atoms with Crippen LogP contribution < -0.4 is 10.1 Å². The standard InChI is InChI=1S/C10H9F2NO2S/c11-6-1-2-8(7(12)3-6)15-4-10-13-9(14)5-16-10/h1-3,10H,4-5H2,(H,13,14). The summed E-state index contributed by atoms with van der Waals surface area (Å²) in [7, 11) is 0. The Morgan fingerprint density at radius 3 is 2.94 bits per heavy atom. The monoisotopic (exact) mass is 245 g/mol. The highest BCUT2D eigenvalue weighted by Gasteiger charge is 2.22. The van der Waals surface area contributed by atoms with E-state index in [1.54, 1.807) is 0 Å². The Morgan fingerprint density at radius 2 is 2.31 bits per heavy atom. The Hall–Kier alpha value is -1.30. The van der Waals surface area contributed by atoms with Gasteiger partial charge in [0.1, 0.15) is 17.8 Å². The van der Waals surface area contributed by atoms with Gasteiger partial charge >= 0.3 is 0 Å². The second-order valence-electron chi connectivity index (χ2n) is 3.25. The predicted octanol–water partition coefficient (Wildman–Crippen LogP) is 1.53. The normalized spacial score (nSPS) is 19.6. The third-order valence-electron chi connectivity index (χ3n) is 2.02. The van der Waals surface area contributed by atoms with Crippen LogP contribution in [0.5, 0.6) is 5.75 Å². The van der Waals surface area contributed by atoms with Crippen LogP contribution in [0.25, 0.3) is 0 Å². The molecule has 1 saturated heterocycles. The molecule has 6 heteroatoms. The number of carbonyl (C=O) groups excluding carboxylic acids is 1. The van der Waals surface area contributed by atoms with E-state index >= 15 is 0 Å². The van der Waals surface area contributed by atoms with Crippen molar-refractivity contribution < 1.29 is 18.3 Å². The summed E-state index contributed by atoms with van der Waals surface area (Å²) in [5, 5.41) is 2.49. The number of benzene rings is 1. The van der Waals surface area contributed by atoms with Crippen molar-refractivity contribution in [3.8, 4) is 5.75 Å². The largest absolute Gasteiger partial charge is 0.487 e. The number of hydrogen-bond donors (Lipinski definition) is 1. The lowest BCUT2D eigenvalue weighted by Gasteiger charge is -2.11. The van der Waals surface area contributed by atoms with Crippen LogP contribution in [0, 0.1) is 11.6 Å². The fourth-order valence-corrected chi connectivity index (χ4v) is 2.10. The van der Waals surface area contributed by atoms with Crippen molar-refractivity contribution in [2.75, 3.05) is 12.4 Å². The summed E-state index contributed by atoms with van der Waals surface area (Å²) in [6.07, 6.45) is 0. The molecular formula is C10H9F2NO2S. The molecule has 1 amide bonds. The Kier molecular flexibility index (Phi) is 3.28. The van der Waals surface area contributed by atoms with Crippen LogP contribution in [0.3, 0.4) is 0 Å². The number of thioether (sulfide) groups is 1. The van der Waals surface area contributed by atoms with Crippen molar-refractivity contribution in [3.05, 3.63) is 29.8 Å². The molecule has 1 aliphatic heterocycles. The molecule has 0 spiro atoms. The molecule has 1 N–H and O–H groups in total. The molecule has 0 bridgehead atoms. The molecule has 16 heavy (non-hydrogen) atoms. The van der Waals surface area contributed by atoms with Crippen LogP contribution >= 0.6 is 11.8 Å². The molecule has 1 aromatic carbocycles. The average molecular weight is 245 g/mol. The van der Waals surface area contributed by atoms with Crippen LogP contribution in [-0.2, 0) is 4.79 Å². The van der Waals surface area contributed by atoms with Crippen LogP contribution in [-0.4, -0.2) is 23.6 Å². The number of carbonyl (C=O) groups is 1. The maximum Gasteiger partial charge on any atom is 0.231 e. The van der Waals surface area contributed by atoms with E-state index in [0.29, 0.717) is 5.75 Å². The van der Waals surface area contributed by atoms with Crippen molar-refractivity contribution in [1.82, 2.24) is 5.32 Å². The minimum atomic E-state index is -0.741. The van der Waals surface area contributed by atoms with Crippen molar-refractivity contribution >= 4 is 17.7 Å². The molecule has 1 heterocycles. The van der Waals surface area contributed by atoms with E-state index in [9.17, 15) is 13.6 Å². The fourth-order valence-electron chi connectivity index (χ4n) is 1.29. The smallest absolute Gasteiger partial charge is 0.231 e. The Bertz CT molecular complexity index is 414. The summed E-state index contributed by atoms with van der Waals surface area (Å²) >= 11 is 1.40. The SMILES string of the molecule is O=C1CSC(COc2ccc(F)cc2F)N1. The molecule has 3 nitrogen and oxygen atoms in total. The second-order valence-corrected chi connectivity index (χ2v) is 4.44. The summed E-state index contributed by atoms with van der Waals surface area (Å²) in [4.78, 5) is 10.9. The zero-order valence-corrected chi connectivity index (χ0v) is 9.02. The molecule has 1 atom stereocenters. The van der Waals surface area contributed by atoms with E-state index in [0.717, 1.165) is 12.1 Å². The van der Waals surface area contributed by atoms with Gasteiger partial charge in [-0.25, -0.2) is 8.78 Å². The summed E-state index contributed by atoms with van der Waals surface area (Å²) in [5.41, 5.74) is 0. The minimum absolute atomic E-state index is 0.0110. The molecule has 1 aromatic rings. The maximum atomic E-state index is 13.1. The van der Waals surface area contributed by atoms with E-state index < -0.39 is 11.6 Å². The van der Waals surface area contributed by atoms with Gasteiger partial charge in [-0.1, -0.05) is 0 Å². The van der Waals surface area contributed by atoms with Gasteiger partial charge in [-0.15, -0.1) is 11.8 Å². The molecule has 2 rings (SSSR count). The summed E-state index contributed by atoms with van der Waals surface area (Å²) in [5.74, 6) is -1.07. The van der Waals surface area contributed by atoms with Gasteiger partial charge in [0.15, 0.2) is 11.6 Å². The first kappa shape index (κ1) is 11.2. The molecule has 86 valence electrons. The van der Waals surface area contributed by atoms with Gasteiger partial charge in [-0.3, -0.25) is 4.79 Å². The molecule has 0 radical (unpaired) electrons. The third kappa shape index (κ3) is 2.63. The Balaban J connectivity index is 1.92. The lowest BCUT2D eigenvalue weighted by Crippen LogP contribution is -2.29. The molecule has 1 unspecified atom stereocenters. The van der Waals surface area contributed by atoms with Crippen LogP contribution in [0.4, 0.5) is 8.78 Å². The number of hydrogen-bond acceptors (Lipinski definition) is 3. The lowest BCUT2D eigenvalue weighted by atomic mass is 10.3. The fraction of sp³-hybridized carbons (Fsp3) is 0.300. The van der Waals surface area contributed by atoms with E-state index in [-0.39, 0.29) is 23.6 Å². The topological polar surface area (TPSA) is 38.3 Å². The predicted molar refractivity (Wildman–Crippen MR) is 56.2 cm³/mol. The molecular weight excluding hydrogens is 236 g/mol. The van der Waals surface area contributed by atoms with E-state index in [1.807, 2.05) is 0 Å². The van der Waals surface area contributed by atoms with Crippen molar-refractivity contribution in [1.29, 1.82) is 0 Å². The van der Waals surface area contributed by atoms with Gasteiger partial charge in [-0.05, 0) is 12.1 Å². The molecule has 1 aliphatic rings. The Morgan fingerprint density at radius 1 is 1.50 bits per heavy atom. The van der Waals surface area contributed by atoms with Crippen LogP contribution in [0.1, 0.15) is 0 Å². The summed E-state index contributed by atoms with van der Waals surface area (Å²) in [6, 6.07) is 3.11. The van der Waals surface area contributed by atoms with Crippen molar-refractivity contribution in [2.45, 2.75) is 5.37 Å². The molecule has 0 aliphatic carbocycles. The highest BCUT2D eigenvalue weighted by Crippen LogP contribution is 2.20. The lowest BCUT2D eigenvalue weighted by molar-refractivity contribution is -0.118. The first-order valence-corrected chi connectivity index (χ1v) is 5.69. The van der Waals surface area contributed by atoms with Gasteiger partial charge in [0, 0.05) is 6.07 Å². The summed E-state index contributed by atoms with van der Waals surface area (Å²) in [6.45, 7) is 0.166. The van der Waals surface area contributed by atoms with Gasteiger partial charge in [0.2, 0.25) is 5.91 Å². The highest BCUT2D eigenvalue weighted by atomic mass is 32.2. The molecule has 1 fully saturated rings. The molecule has 0 saturated carbocycles. The van der Waals surface area contributed by atoms with Gasteiger partial charge in [0.25, 0.3) is 0 Å². The Labute approximate surface area is 95.2 Å². The van der Waals surface area contributed by atoms with Crippen LogP contribution in [0.15, 0.2) is 18.2 Å². The number of amides is 1. The number of nitrogens with one attached hydrogen (secondary N) is 1. The number of ether oxygens (including phenoxy) is 1.